The first-order valence-electron chi connectivity index (χ1n) is 12.9. The lowest BCUT2D eigenvalue weighted by Gasteiger charge is -2.43. The van der Waals surface area contributed by atoms with Crippen LogP contribution in [0.4, 0.5) is 0 Å². The summed E-state index contributed by atoms with van der Waals surface area (Å²) in [6.45, 7) is 25.5. The van der Waals surface area contributed by atoms with Gasteiger partial charge >= 0.3 is 0 Å². The summed E-state index contributed by atoms with van der Waals surface area (Å²) < 4.78 is 8.24. The van der Waals surface area contributed by atoms with Gasteiger partial charge in [0, 0.05) is 0 Å². The van der Waals surface area contributed by atoms with Gasteiger partial charge in [0.25, 0.3) is 8.32 Å². The van der Waals surface area contributed by atoms with Gasteiger partial charge in [0.15, 0.2) is 0 Å². The van der Waals surface area contributed by atoms with Crippen LogP contribution in [0.5, 0.6) is 5.75 Å². The molecule has 0 aliphatic rings. The van der Waals surface area contributed by atoms with Crippen LogP contribution < -0.4 is 4.43 Å². The lowest BCUT2D eigenvalue weighted by molar-refractivity contribution is 0.284. The molecule has 1 heterocycles. The first-order chi connectivity index (χ1) is 16.1. The Morgan fingerprint density at radius 3 is 1.77 bits per heavy atom. The van der Waals surface area contributed by atoms with Crippen LogP contribution >= 0.6 is 15.9 Å². The van der Waals surface area contributed by atoms with Gasteiger partial charge in [0.1, 0.15) is 22.5 Å². The number of halogens is 1. The summed E-state index contributed by atoms with van der Waals surface area (Å²) >= 11 is 3.94. The Morgan fingerprint density at radius 2 is 1.34 bits per heavy atom. The fourth-order valence-corrected chi connectivity index (χ4v) is 12.1. The van der Waals surface area contributed by atoms with Crippen molar-refractivity contribution in [3.8, 4) is 11.4 Å². The average molecular weight is 559 g/mol. The quantitative estimate of drug-likeness (QED) is 0.259. The highest BCUT2D eigenvalue weighted by Crippen LogP contribution is 2.47. The van der Waals surface area contributed by atoms with Gasteiger partial charge in [-0.25, -0.2) is 0 Å². The summed E-state index contributed by atoms with van der Waals surface area (Å²) in [5.41, 5.74) is 5.50. The number of nitrogens with zero attached hydrogens (tertiary/aromatic N) is 3. The van der Waals surface area contributed by atoms with E-state index >= 15 is 0 Å². The smallest absolute Gasteiger partial charge is 0.258 e. The van der Waals surface area contributed by atoms with Crippen molar-refractivity contribution in [2.75, 3.05) is 0 Å². The number of fused-ring (bicyclic) bond motifs is 1. The van der Waals surface area contributed by atoms with Crippen LogP contribution in [0.15, 0.2) is 40.9 Å². The number of hydrogen-bond acceptors (Lipinski definition) is 3. The maximum atomic E-state index is 7.26. The van der Waals surface area contributed by atoms with Crippen LogP contribution in [0.25, 0.3) is 16.7 Å². The van der Waals surface area contributed by atoms with E-state index in [1.165, 1.54) is 5.56 Å². The minimum Gasteiger partial charge on any atom is -0.540 e. The van der Waals surface area contributed by atoms with Gasteiger partial charge in [-0.3, -0.25) is 0 Å². The topological polar surface area (TPSA) is 39.9 Å². The molecule has 1 aromatic heterocycles. The van der Waals surface area contributed by atoms with Crippen molar-refractivity contribution in [1.29, 1.82) is 0 Å². The van der Waals surface area contributed by atoms with Gasteiger partial charge in [-0.2, -0.15) is 0 Å². The normalized spacial score (nSPS) is 13.5. The lowest BCUT2D eigenvalue weighted by Crippen LogP contribution is -2.51. The molecule has 0 spiro atoms. The Balaban J connectivity index is 2.29. The van der Waals surface area contributed by atoms with Crippen LogP contribution in [0, 0.1) is 5.41 Å². The molecule has 192 valence electrons. The van der Waals surface area contributed by atoms with Gasteiger partial charge in [0.05, 0.1) is 4.47 Å². The molecule has 2 aromatic carbocycles. The predicted octanol–water partition coefficient (Wildman–Crippen LogP) is 9.45. The van der Waals surface area contributed by atoms with Gasteiger partial charge in [-0.05, 0) is 79.6 Å². The second-order valence-corrected chi connectivity index (χ2v) is 19.1. The summed E-state index contributed by atoms with van der Waals surface area (Å²) in [6, 6.07) is 12.5. The molecule has 35 heavy (non-hydrogen) atoms. The maximum Gasteiger partial charge on any atom is 0.258 e. The summed E-state index contributed by atoms with van der Waals surface area (Å²) in [7, 11) is -2.20. The molecule has 0 aliphatic heterocycles. The number of rotatable bonds is 8. The van der Waals surface area contributed by atoms with E-state index in [-0.39, 0.29) is 10.8 Å². The van der Waals surface area contributed by atoms with E-state index in [0.717, 1.165) is 33.4 Å². The van der Waals surface area contributed by atoms with E-state index in [1.54, 1.807) is 4.80 Å². The highest BCUT2D eigenvalue weighted by molar-refractivity contribution is 9.10. The van der Waals surface area contributed by atoms with Crippen molar-refractivity contribution in [2.24, 2.45) is 5.41 Å². The van der Waals surface area contributed by atoms with Crippen LogP contribution in [0.2, 0.25) is 16.6 Å². The molecule has 0 N–H and O–H groups in total. The Bertz CT molecular complexity index is 1120. The minimum atomic E-state index is -2.20. The van der Waals surface area contributed by atoms with E-state index < -0.39 is 8.32 Å². The van der Waals surface area contributed by atoms with Gasteiger partial charge in [0.2, 0.25) is 0 Å². The minimum absolute atomic E-state index is 0.0245. The van der Waals surface area contributed by atoms with Gasteiger partial charge in [-0.1, -0.05) is 88.3 Å². The SMILES string of the molecule is CC(C)[Si](Oc1c(Br)cc(C(C)(C)CC(C)(C)C)cc1-n1nc2ccccc2n1)(C(C)C)C(C)C. The van der Waals surface area contributed by atoms with Crippen molar-refractivity contribution in [3.63, 3.8) is 0 Å². The van der Waals surface area contributed by atoms with Crippen molar-refractivity contribution < 1.29 is 4.43 Å². The molecule has 0 amide bonds. The molecular weight excluding hydrogens is 514 g/mol. The van der Waals surface area contributed by atoms with E-state index in [9.17, 15) is 0 Å². The highest BCUT2D eigenvalue weighted by atomic mass is 79.9. The Labute approximate surface area is 222 Å². The molecule has 6 heteroatoms. The van der Waals surface area contributed by atoms with Crippen molar-refractivity contribution in [3.05, 3.63) is 46.4 Å². The molecule has 0 aliphatic carbocycles. The average Bonchev–Trinajstić information content (AvgIpc) is 3.13. The summed E-state index contributed by atoms with van der Waals surface area (Å²) in [5, 5.41) is 9.73. The van der Waals surface area contributed by atoms with Crippen LogP contribution in [0.3, 0.4) is 0 Å². The molecule has 0 unspecified atom stereocenters. The predicted molar refractivity (Wildman–Crippen MR) is 155 cm³/mol. The Hall–Kier alpha value is -1.66. The molecule has 0 saturated carbocycles. The van der Waals surface area contributed by atoms with E-state index in [2.05, 4.69) is 104 Å². The molecule has 3 aromatic rings. The zero-order valence-corrected chi connectivity index (χ0v) is 26.1. The zero-order valence-electron chi connectivity index (χ0n) is 23.5. The number of aromatic nitrogens is 3. The van der Waals surface area contributed by atoms with E-state index in [1.807, 2.05) is 24.3 Å². The molecule has 0 bridgehead atoms. The van der Waals surface area contributed by atoms with Crippen molar-refractivity contribution in [1.82, 2.24) is 15.0 Å². The first kappa shape index (κ1) is 27.9. The zero-order chi connectivity index (χ0) is 26.3. The van der Waals surface area contributed by atoms with Crippen LogP contribution in [-0.4, -0.2) is 23.3 Å². The van der Waals surface area contributed by atoms with Crippen LogP contribution in [0.1, 0.15) is 88.1 Å². The summed E-state index contributed by atoms with van der Waals surface area (Å²) in [4.78, 5) is 1.78. The molecule has 0 radical (unpaired) electrons. The maximum absolute atomic E-state index is 7.26. The number of benzene rings is 2. The summed E-state index contributed by atoms with van der Waals surface area (Å²) in [5.74, 6) is 0.864. The second kappa shape index (κ2) is 10.0. The molecular formula is C29H44BrN3OSi. The standard InChI is InChI=1S/C29H44BrN3OSi/c1-19(2)35(20(3)4,21(5)6)34-27-23(30)16-22(29(10,11)18-28(7,8)9)17-26(27)33-31-24-14-12-13-15-25(24)32-33/h12-17,19-21H,18H2,1-11H3. The fourth-order valence-electron chi connectivity index (χ4n) is 6.14. The number of hydrogen-bond donors (Lipinski definition) is 0. The first-order valence-corrected chi connectivity index (χ1v) is 15.9. The van der Waals surface area contributed by atoms with Crippen molar-refractivity contribution >= 4 is 35.3 Å². The van der Waals surface area contributed by atoms with Crippen molar-refractivity contribution in [2.45, 2.75) is 105 Å². The van der Waals surface area contributed by atoms with Gasteiger partial charge in [-0.15, -0.1) is 15.0 Å². The molecule has 0 fully saturated rings. The molecule has 0 saturated heterocycles. The second-order valence-electron chi connectivity index (χ2n) is 12.8. The summed E-state index contributed by atoms with van der Waals surface area (Å²) in [6.07, 6.45) is 1.06. The molecule has 0 atom stereocenters. The van der Waals surface area contributed by atoms with Gasteiger partial charge < -0.3 is 4.43 Å². The lowest BCUT2D eigenvalue weighted by atomic mass is 9.72. The molecule has 3 rings (SSSR count). The van der Waals surface area contributed by atoms with Crippen LogP contribution in [-0.2, 0) is 5.41 Å². The molecule has 4 nitrogen and oxygen atoms in total. The Morgan fingerprint density at radius 1 is 0.857 bits per heavy atom. The largest absolute Gasteiger partial charge is 0.540 e. The Kier molecular flexibility index (Phi) is 7.98. The third-order valence-electron chi connectivity index (χ3n) is 7.27. The highest BCUT2D eigenvalue weighted by Gasteiger charge is 2.48. The van der Waals surface area contributed by atoms with E-state index in [4.69, 9.17) is 14.6 Å². The fraction of sp³-hybridized carbons (Fsp3) is 0.586. The third kappa shape index (κ3) is 5.69. The monoisotopic (exact) mass is 557 g/mol. The third-order valence-corrected chi connectivity index (χ3v) is 13.8. The van der Waals surface area contributed by atoms with E-state index in [0.29, 0.717) is 16.6 Å².